The van der Waals surface area contributed by atoms with Crippen molar-refractivity contribution in [1.82, 2.24) is 0 Å². The van der Waals surface area contributed by atoms with Crippen molar-refractivity contribution in [2.24, 2.45) is 0 Å². The van der Waals surface area contributed by atoms with E-state index < -0.39 is 11.7 Å². The second-order valence-electron chi connectivity index (χ2n) is 6.48. The number of aryl methyl sites for hydroxylation is 1. The second kappa shape index (κ2) is 7.56. The van der Waals surface area contributed by atoms with Gasteiger partial charge in [-0.3, -0.25) is 4.79 Å². The van der Waals surface area contributed by atoms with Gasteiger partial charge in [0, 0.05) is 5.69 Å². The van der Waals surface area contributed by atoms with E-state index in [1.807, 2.05) is 42.5 Å². The molecular weight excluding hydrogens is 357 g/mol. The van der Waals surface area contributed by atoms with E-state index in [2.05, 4.69) is 5.32 Å². The first-order valence-electron chi connectivity index (χ1n) is 8.86. The van der Waals surface area contributed by atoms with Crippen molar-refractivity contribution in [2.75, 3.05) is 5.32 Å². The molecule has 1 amide bonds. The van der Waals surface area contributed by atoms with Gasteiger partial charge in [-0.15, -0.1) is 0 Å². The highest BCUT2D eigenvalue weighted by Crippen LogP contribution is 2.22. The normalized spacial score (nSPS) is 10.8. The molecule has 3 aromatic carbocycles. The Kier molecular flexibility index (Phi) is 4.81. The van der Waals surface area contributed by atoms with Gasteiger partial charge in [-0.2, -0.15) is 0 Å². The van der Waals surface area contributed by atoms with Crippen molar-refractivity contribution in [3.8, 4) is 5.75 Å². The van der Waals surface area contributed by atoms with Gasteiger partial charge in [-0.05, 0) is 59.7 Å². The minimum atomic E-state index is -0.439. The molecule has 0 aliphatic heterocycles. The summed E-state index contributed by atoms with van der Waals surface area (Å²) in [5.41, 5.74) is 1.18. The first-order valence-corrected chi connectivity index (χ1v) is 8.86. The van der Waals surface area contributed by atoms with Gasteiger partial charge in [0.05, 0.1) is 0 Å². The molecule has 1 N–H and O–H groups in total. The molecule has 5 heteroatoms. The number of carbonyl (C=O) groups is 1. The van der Waals surface area contributed by atoms with Crippen LogP contribution in [0.25, 0.3) is 10.8 Å². The first kappa shape index (κ1) is 17.8. The number of halogens is 1. The Morgan fingerprint density at radius 1 is 1.00 bits per heavy atom. The number of rotatable bonds is 5. The summed E-state index contributed by atoms with van der Waals surface area (Å²) >= 11 is 0. The lowest BCUT2D eigenvalue weighted by molar-refractivity contribution is 0.0992. The van der Waals surface area contributed by atoms with Crippen LogP contribution in [0, 0.1) is 12.7 Å². The zero-order valence-corrected chi connectivity index (χ0v) is 15.2. The fraction of sp³-hybridized carbons (Fsp3) is 0.0870. The van der Waals surface area contributed by atoms with E-state index in [9.17, 15) is 9.18 Å². The summed E-state index contributed by atoms with van der Waals surface area (Å²) in [7, 11) is 0. The molecular formula is C23H18FNO3. The molecule has 1 heterocycles. The number of amides is 1. The summed E-state index contributed by atoms with van der Waals surface area (Å²) in [5, 5.41) is 4.89. The second-order valence-corrected chi connectivity index (χ2v) is 6.48. The van der Waals surface area contributed by atoms with Crippen molar-refractivity contribution in [3.63, 3.8) is 0 Å². The summed E-state index contributed by atoms with van der Waals surface area (Å²) in [6, 6.07) is 21.4. The van der Waals surface area contributed by atoms with Crippen LogP contribution in [0.2, 0.25) is 0 Å². The average molecular weight is 375 g/mol. The Morgan fingerprint density at radius 3 is 2.68 bits per heavy atom. The van der Waals surface area contributed by atoms with Crippen molar-refractivity contribution >= 4 is 22.4 Å². The Balaban J connectivity index is 1.42. The van der Waals surface area contributed by atoms with Crippen LogP contribution in [0.15, 0.2) is 77.2 Å². The van der Waals surface area contributed by atoms with Crippen LogP contribution in [0.5, 0.6) is 5.75 Å². The number of furan rings is 1. The molecule has 4 rings (SSSR count). The number of benzene rings is 3. The summed E-state index contributed by atoms with van der Waals surface area (Å²) in [6.45, 7) is 1.99. The Morgan fingerprint density at radius 2 is 1.82 bits per heavy atom. The van der Waals surface area contributed by atoms with Crippen LogP contribution in [0.4, 0.5) is 10.1 Å². The standard InChI is InChI=1S/C23H18FNO3/c1-15-6-8-18(24)13-21(15)25-23(26)22-11-10-20(28-22)14-27-19-9-7-16-4-2-3-5-17(16)12-19/h2-13H,14H2,1H3,(H,25,26). The summed E-state index contributed by atoms with van der Waals surface area (Å²) in [4.78, 5) is 12.3. The van der Waals surface area contributed by atoms with Gasteiger partial charge >= 0.3 is 0 Å². The highest BCUT2D eigenvalue weighted by atomic mass is 19.1. The quantitative estimate of drug-likeness (QED) is 0.486. The third kappa shape index (κ3) is 3.88. The van der Waals surface area contributed by atoms with Crippen LogP contribution < -0.4 is 10.1 Å². The van der Waals surface area contributed by atoms with Crippen LogP contribution in [0.1, 0.15) is 21.9 Å². The average Bonchev–Trinajstić information content (AvgIpc) is 3.18. The molecule has 1 aromatic heterocycles. The number of fused-ring (bicyclic) bond motifs is 1. The predicted molar refractivity (Wildman–Crippen MR) is 106 cm³/mol. The van der Waals surface area contributed by atoms with Gasteiger partial charge in [0.15, 0.2) is 5.76 Å². The molecule has 0 saturated carbocycles. The molecule has 4 nitrogen and oxygen atoms in total. The molecule has 0 spiro atoms. The summed E-state index contributed by atoms with van der Waals surface area (Å²) in [5.74, 6) is 0.530. The van der Waals surface area contributed by atoms with Crippen LogP contribution >= 0.6 is 0 Å². The number of carbonyl (C=O) groups excluding carboxylic acids is 1. The maximum atomic E-state index is 13.4. The Hall–Kier alpha value is -3.60. The van der Waals surface area contributed by atoms with Gasteiger partial charge < -0.3 is 14.5 Å². The fourth-order valence-electron chi connectivity index (χ4n) is 2.90. The zero-order chi connectivity index (χ0) is 19.5. The maximum absolute atomic E-state index is 13.4. The predicted octanol–water partition coefficient (Wildman–Crippen LogP) is 5.71. The first-order chi connectivity index (χ1) is 13.6. The van der Waals surface area contributed by atoms with Crippen LogP contribution in [-0.4, -0.2) is 5.91 Å². The topological polar surface area (TPSA) is 51.5 Å². The van der Waals surface area contributed by atoms with Gasteiger partial charge in [0.2, 0.25) is 0 Å². The lowest BCUT2D eigenvalue weighted by Crippen LogP contribution is -2.12. The van der Waals surface area contributed by atoms with Crippen molar-refractivity contribution in [3.05, 3.63) is 95.7 Å². The molecule has 0 unspecified atom stereocenters. The summed E-state index contributed by atoms with van der Waals surface area (Å²) in [6.07, 6.45) is 0. The number of anilines is 1. The molecule has 0 aliphatic carbocycles. The third-order valence-electron chi connectivity index (χ3n) is 4.44. The molecule has 4 aromatic rings. The van der Waals surface area contributed by atoms with Crippen molar-refractivity contribution in [2.45, 2.75) is 13.5 Å². The zero-order valence-electron chi connectivity index (χ0n) is 15.2. The highest BCUT2D eigenvalue weighted by Gasteiger charge is 2.13. The van der Waals surface area contributed by atoms with Crippen molar-refractivity contribution < 1.29 is 18.3 Å². The molecule has 0 atom stereocenters. The van der Waals surface area contributed by atoms with Crippen LogP contribution in [0.3, 0.4) is 0 Å². The molecule has 0 bridgehead atoms. The molecule has 0 radical (unpaired) electrons. The van der Waals surface area contributed by atoms with E-state index in [1.54, 1.807) is 25.1 Å². The van der Waals surface area contributed by atoms with Gasteiger partial charge in [0.25, 0.3) is 5.91 Å². The van der Waals surface area contributed by atoms with E-state index in [0.717, 1.165) is 22.1 Å². The monoisotopic (exact) mass is 375 g/mol. The molecule has 0 aliphatic rings. The van der Waals surface area contributed by atoms with E-state index in [-0.39, 0.29) is 12.4 Å². The van der Waals surface area contributed by atoms with Crippen molar-refractivity contribution in [1.29, 1.82) is 0 Å². The minimum absolute atomic E-state index is 0.140. The highest BCUT2D eigenvalue weighted by molar-refractivity contribution is 6.02. The van der Waals surface area contributed by atoms with Crippen LogP contribution in [-0.2, 0) is 6.61 Å². The van der Waals surface area contributed by atoms with E-state index in [1.165, 1.54) is 12.1 Å². The smallest absolute Gasteiger partial charge is 0.291 e. The van der Waals surface area contributed by atoms with Gasteiger partial charge in [0.1, 0.15) is 23.9 Å². The largest absolute Gasteiger partial charge is 0.486 e. The van der Waals surface area contributed by atoms with E-state index in [4.69, 9.17) is 9.15 Å². The number of hydrogen-bond acceptors (Lipinski definition) is 3. The Labute approximate surface area is 161 Å². The minimum Gasteiger partial charge on any atom is -0.486 e. The molecule has 28 heavy (non-hydrogen) atoms. The SMILES string of the molecule is Cc1ccc(F)cc1NC(=O)c1ccc(COc2ccc3ccccc3c2)o1. The number of hydrogen-bond donors (Lipinski definition) is 1. The van der Waals surface area contributed by atoms with E-state index in [0.29, 0.717) is 11.4 Å². The van der Waals surface area contributed by atoms with Gasteiger partial charge in [-0.1, -0.05) is 36.4 Å². The fourth-order valence-corrected chi connectivity index (χ4v) is 2.90. The lowest BCUT2D eigenvalue weighted by Gasteiger charge is -2.07. The molecule has 140 valence electrons. The Bertz CT molecular complexity index is 1150. The maximum Gasteiger partial charge on any atom is 0.291 e. The molecule has 0 saturated heterocycles. The number of nitrogens with one attached hydrogen (secondary N) is 1. The summed E-state index contributed by atoms with van der Waals surface area (Å²) < 4.78 is 24.7. The van der Waals surface area contributed by atoms with E-state index >= 15 is 0 Å². The molecule has 0 fully saturated rings. The third-order valence-corrected chi connectivity index (χ3v) is 4.44. The lowest BCUT2D eigenvalue weighted by atomic mass is 10.1. The number of ether oxygens (including phenoxy) is 1. The van der Waals surface area contributed by atoms with Gasteiger partial charge in [-0.25, -0.2) is 4.39 Å².